The van der Waals surface area contributed by atoms with Crippen LogP contribution < -0.4 is 5.32 Å². The lowest BCUT2D eigenvalue weighted by atomic mass is 10.0. The minimum atomic E-state index is -0.0818. The fraction of sp³-hybridized carbons (Fsp3) is 0. The van der Waals surface area contributed by atoms with Crippen LogP contribution in [-0.2, 0) is 4.79 Å². The zero-order chi connectivity index (χ0) is 14.4. The number of anilines is 1. The number of carbonyl (C=O) groups is 1. The molecule has 0 spiro atoms. The summed E-state index contributed by atoms with van der Waals surface area (Å²) in [4.78, 5) is 12.2. The molecule has 0 saturated carbocycles. The Morgan fingerprint density at radius 1 is 1.19 bits per heavy atom. The number of aromatic amines is 1. The molecule has 1 aliphatic rings. The molecule has 5 heteroatoms. The van der Waals surface area contributed by atoms with Crippen LogP contribution in [0.4, 0.5) is 5.69 Å². The van der Waals surface area contributed by atoms with Crippen molar-refractivity contribution in [3.8, 4) is 0 Å². The molecule has 0 atom stereocenters. The molecule has 3 aromatic rings. The molecule has 1 amide bonds. The number of hydrogen-bond donors (Lipinski definition) is 2. The van der Waals surface area contributed by atoms with Crippen LogP contribution in [0.1, 0.15) is 11.1 Å². The van der Waals surface area contributed by atoms with E-state index in [4.69, 9.17) is 0 Å². The van der Waals surface area contributed by atoms with Gasteiger partial charge in [0.05, 0.1) is 23.0 Å². The molecule has 0 fully saturated rings. The van der Waals surface area contributed by atoms with Crippen LogP contribution in [-0.4, -0.2) is 16.1 Å². The van der Waals surface area contributed by atoms with Crippen molar-refractivity contribution < 1.29 is 4.79 Å². The Labute approximate surface area is 129 Å². The van der Waals surface area contributed by atoms with E-state index in [2.05, 4.69) is 31.4 Å². The number of rotatable bonds is 1. The van der Waals surface area contributed by atoms with E-state index >= 15 is 0 Å². The Balaban J connectivity index is 1.88. The molecule has 0 unspecified atom stereocenters. The number of carbonyl (C=O) groups excluding carboxylic acids is 1. The van der Waals surface area contributed by atoms with E-state index in [1.165, 1.54) is 0 Å². The third kappa shape index (κ3) is 1.97. The van der Waals surface area contributed by atoms with E-state index in [1.54, 1.807) is 6.20 Å². The van der Waals surface area contributed by atoms with Crippen LogP contribution in [0.25, 0.3) is 22.6 Å². The van der Waals surface area contributed by atoms with Crippen LogP contribution in [0.5, 0.6) is 0 Å². The Kier molecular flexibility index (Phi) is 2.68. The lowest BCUT2D eigenvalue weighted by molar-refractivity contribution is -0.110. The van der Waals surface area contributed by atoms with Crippen LogP contribution in [0.15, 0.2) is 47.1 Å². The molecule has 2 heterocycles. The summed E-state index contributed by atoms with van der Waals surface area (Å²) >= 11 is 3.51. The van der Waals surface area contributed by atoms with Crippen molar-refractivity contribution >= 4 is 50.1 Å². The van der Waals surface area contributed by atoms with E-state index in [0.717, 1.165) is 32.2 Å². The second-order valence-electron chi connectivity index (χ2n) is 4.89. The van der Waals surface area contributed by atoms with Gasteiger partial charge in [-0.2, -0.15) is 5.10 Å². The molecule has 4 rings (SSSR count). The van der Waals surface area contributed by atoms with Gasteiger partial charge >= 0.3 is 0 Å². The fourth-order valence-corrected chi connectivity index (χ4v) is 3.13. The lowest BCUT2D eigenvalue weighted by Crippen LogP contribution is -2.03. The number of H-pyrrole nitrogens is 1. The summed E-state index contributed by atoms with van der Waals surface area (Å²) in [5, 5.41) is 10.9. The highest BCUT2D eigenvalue weighted by Crippen LogP contribution is 2.38. The number of amides is 1. The molecule has 0 saturated heterocycles. The average molecular weight is 340 g/mol. The normalized spacial score (nSPS) is 15.5. The number of hydrogen-bond acceptors (Lipinski definition) is 2. The van der Waals surface area contributed by atoms with Gasteiger partial charge < -0.3 is 5.32 Å². The van der Waals surface area contributed by atoms with Crippen LogP contribution in [0.3, 0.4) is 0 Å². The minimum Gasteiger partial charge on any atom is -0.321 e. The third-order valence-corrected chi connectivity index (χ3v) is 4.21. The first-order chi connectivity index (χ1) is 10.2. The molecule has 21 heavy (non-hydrogen) atoms. The predicted octanol–water partition coefficient (Wildman–Crippen LogP) is 3.82. The van der Waals surface area contributed by atoms with Gasteiger partial charge in [-0.1, -0.05) is 34.1 Å². The second-order valence-corrected chi connectivity index (χ2v) is 5.75. The summed E-state index contributed by atoms with van der Waals surface area (Å²) in [5.74, 6) is -0.0818. The Morgan fingerprint density at radius 3 is 3.00 bits per heavy atom. The first-order valence-corrected chi connectivity index (χ1v) is 7.27. The lowest BCUT2D eigenvalue weighted by Gasteiger charge is -2.02. The van der Waals surface area contributed by atoms with Gasteiger partial charge in [-0.15, -0.1) is 0 Å². The summed E-state index contributed by atoms with van der Waals surface area (Å²) in [6.45, 7) is 0. The first-order valence-electron chi connectivity index (χ1n) is 6.47. The van der Waals surface area contributed by atoms with E-state index in [-0.39, 0.29) is 5.91 Å². The minimum absolute atomic E-state index is 0.0818. The summed E-state index contributed by atoms with van der Waals surface area (Å²) < 4.78 is 0.909. The van der Waals surface area contributed by atoms with Crippen molar-refractivity contribution in [1.82, 2.24) is 10.2 Å². The van der Waals surface area contributed by atoms with Crippen LogP contribution in [0, 0.1) is 0 Å². The van der Waals surface area contributed by atoms with Crippen molar-refractivity contribution in [2.24, 2.45) is 0 Å². The molecule has 1 aromatic heterocycles. The molecule has 0 bridgehead atoms. The first kappa shape index (κ1) is 12.3. The quantitative estimate of drug-likeness (QED) is 0.662. The van der Waals surface area contributed by atoms with Crippen molar-refractivity contribution in [2.75, 3.05) is 5.32 Å². The van der Waals surface area contributed by atoms with Gasteiger partial charge in [0.25, 0.3) is 5.91 Å². The maximum atomic E-state index is 12.2. The summed E-state index contributed by atoms with van der Waals surface area (Å²) in [6.07, 6.45) is 3.67. The Hall–Kier alpha value is -2.40. The number of benzene rings is 2. The van der Waals surface area contributed by atoms with Gasteiger partial charge in [-0.05, 0) is 29.8 Å². The molecular weight excluding hydrogens is 330 g/mol. The topological polar surface area (TPSA) is 57.8 Å². The summed E-state index contributed by atoms with van der Waals surface area (Å²) in [6, 6.07) is 11.7. The molecule has 4 nitrogen and oxygen atoms in total. The number of aromatic nitrogens is 2. The largest absolute Gasteiger partial charge is 0.321 e. The summed E-state index contributed by atoms with van der Waals surface area (Å²) in [5.41, 5.74) is 4.32. The predicted molar refractivity (Wildman–Crippen MR) is 86.7 cm³/mol. The van der Waals surface area contributed by atoms with Gasteiger partial charge in [0.1, 0.15) is 0 Å². The van der Waals surface area contributed by atoms with Gasteiger partial charge in [0, 0.05) is 15.4 Å². The maximum absolute atomic E-state index is 12.2. The monoisotopic (exact) mass is 339 g/mol. The van der Waals surface area contributed by atoms with E-state index in [1.807, 2.05) is 42.5 Å². The number of nitrogens with zero attached hydrogens (tertiary/aromatic N) is 1. The average Bonchev–Trinajstić information content (AvgIpc) is 3.04. The molecule has 2 N–H and O–H groups in total. The van der Waals surface area contributed by atoms with Crippen molar-refractivity contribution in [2.45, 2.75) is 0 Å². The maximum Gasteiger partial charge on any atom is 0.256 e. The van der Waals surface area contributed by atoms with Gasteiger partial charge in [0.2, 0.25) is 0 Å². The Bertz CT molecular complexity index is 911. The molecule has 102 valence electrons. The molecule has 1 aliphatic heterocycles. The number of halogens is 1. The van der Waals surface area contributed by atoms with E-state index in [0.29, 0.717) is 5.57 Å². The highest BCUT2D eigenvalue weighted by atomic mass is 79.9. The van der Waals surface area contributed by atoms with Gasteiger partial charge in [-0.25, -0.2) is 0 Å². The zero-order valence-corrected chi connectivity index (χ0v) is 12.4. The third-order valence-electron chi connectivity index (χ3n) is 3.55. The molecule has 2 aromatic carbocycles. The number of nitrogens with one attached hydrogen (secondary N) is 2. The van der Waals surface area contributed by atoms with Crippen molar-refractivity contribution in [1.29, 1.82) is 0 Å². The highest BCUT2D eigenvalue weighted by molar-refractivity contribution is 9.10. The molecule has 0 radical (unpaired) electrons. The molecular formula is C16H10BrN3O. The SMILES string of the molecule is O=C1Nc2cccc(Br)c2C1=Cc1ccc2cn[nH]c2c1. The van der Waals surface area contributed by atoms with Crippen LogP contribution >= 0.6 is 15.9 Å². The van der Waals surface area contributed by atoms with E-state index in [9.17, 15) is 4.79 Å². The van der Waals surface area contributed by atoms with E-state index < -0.39 is 0 Å². The zero-order valence-electron chi connectivity index (χ0n) is 10.9. The molecule has 0 aliphatic carbocycles. The standard InChI is InChI=1S/C16H10BrN3O/c17-12-2-1-3-13-15(12)11(16(21)19-13)6-9-4-5-10-8-18-20-14(10)7-9/h1-8H,(H,18,20)(H,19,21). The Morgan fingerprint density at radius 2 is 2.10 bits per heavy atom. The fourth-order valence-electron chi connectivity index (χ4n) is 2.55. The number of fused-ring (bicyclic) bond motifs is 2. The summed E-state index contributed by atoms with van der Waals surface area (Å²) in [7, 11) is 0. The van der Waals surface area contributed by atoms with Gasteiger partial charge in [-0.3, -0.25) is 9.89 Å². The smallest absolute Gasteiger partial charge is 0.256 e. The van der Waals surface area contributed by atoms with Crippen molar-refractivity contribution in [3.05, 3.63) is 58.2 Å². The van der Waals surface area contributed by atoms with Gasteiger partial charge in [0.15, 0.2) is 0 Å². The van der Waals surface area contributed by atoms with Crippen molar-refractivity contribution in [3.63, 3.8) is 0 Å². The highest BCUT2D eigenvalue weighted by Gasteiger charge is 2.25. The van der Waals surface area contributed by atoms with Crippen LogP contribution in [0.2, 0.25) is 0 Å². The second kappa shape index (κ2) is 4.56.